The maximum atomic E-state index is 5.74. The smallest absolute Gasteiger partial charge is 0.191 e. The minimum Gasteiger partial charge on any atom is -0.493 e. The van der Waals surface area contributed by atoms with Crippen LogP contribution in [0.25, 0.3) is 0 Å². The molecule has 0 heterocycles. The Morgan fingerprint density at radius 2 is 1.92 bits per heavy atom. The Hall–Kier alpha value is -2.60. The number of anilines is 1. The maximum Gasteiger partial charge on any atom is 0.191 e. The molecule has 0 saturated heterocycles. The maximum absolute atomic E-state index is 5.74. The second kappa shape index (κ2) is 9.64. The Morgan fingerprint density at radius 1 is 1.16 bits per heavy atom. The Bertz CT molecular complexity index is 718. The second-order valence-electron chi connectivity index (χ2n) is 5.81. The van der Waals surface area contributed by atoms with Crippen LogP contribution in [0.1, 0.15) is 19.4 Å². The van der Waals surface area contributed by atoms with Crippen molar-refractivity contribution in [1.29, 1.82) is 0 Å². The third-order valence-electron chi connectivity index (χ3n) is 3.17. The molecule has 0 saturated carbocycles. The van der Waals surface area contributed by atoms with Gasteiger partial charge >= 0.3 is 0 Å². The van der Waals surface area contributed by atoms with Crippen molar-refractivity contribution >= 4 is 29.2 Å². The van der Waals surface area contributed by atoms with Crippen LogP contribution < -0.4 is 20.2 Å². The molecule has 0 amide bonds. The first-order chi connectivity index (χ1) is 12.1. The lowest BCUT2D eigenvalue weighted by Crippen LogP contribution is -2.23. The van der Waals surface area contributed by atoms with Crippen LogP contribution in [-0.2, 0) is 0 Å². The van der Waals surface area contributed by atoms with Crippen molar-refractivity contribution in [2.45, 2.75) is 13.8 Å². The summed E-state index contributed by atoms with van der Waals surface area (Å²) < 4.78 is 11.1. The fraction of sp³-hybridized carbons (Fsp3) is 0.263. The number of ether oxygens (including phenoxy) is 2. The summed E-state index contributed by atoms with van der Waals surface area (Å²) in [6.45, 7) is 4.85. The van der Waals surface area contributed by atoms with Crippen molar-refractivity contribution in [3.05, 3.63) is 54.1 Å². The number of hydrogen-bond acceptors (Lipinski definition) is 4. The van der Waals surface area contributed by atoms with Crippen LogP contribution in [0.5, 0.6) is 11.5 Å². The summed E-state index contributed by atoms with van der Waals surface area (Å²) in [5, 5.41) is 7.61. The highest BCUT2D eigenvalue weighted by Crippen LogP contribution is 2.27. The van der Waals surface area contributed by atoms with E-state index < -0.39 is 0 Å². The van der Waals surface area contributed by atoms with Crippen LogP contribution in [0.4, 0.5) is 5.69 Å². The quantitative estimate of drug-likeness (QED) is 0.445. The number of hydrazone groups is 1. The van der Waals surface area contributed by atoms with Gasteiger partial charge in [-0.15, -0.1) is 0 Å². The number of benzene rings is 2. The molecule has 2 aromatic carbocycles. The predicted octanol–water partition coefficient (Wildman–Crippen LogP) is 4.05. The molecule has 0 aliphatic carbocycles. The Labute approximate surface area is 154 Å². The van der Waals surface area contributed by atoms with Crippen LogP contribution in [0.15, 0.2) is 53.6 Å². The van der Waals surface area contributed by atoms with E-state index in [4.69, 9.17) is 21.7 Å². The fourth-order valence-electron chi connectivity index (χ4n) is 1.99. The van der Waals surface area contributed by atoms with Gasteiger partial charge < -0.3 is 14.8 Å². The first kappa shape index (κ1) is 18.7. The van der Waals surface area contributed by atoms with Gasteiger partial charge in [-0.2, -0.15) is 5.10 Å². The largest absolute Gasteiger partial charge is 0.493 e. The van der Waals surface area contributed by atoms with Crippen molar-refractivity contribution in [3.8, 4) is 11.5 Å². The molecule has 5 nitrogen and oxygen atoms in total. The number of nitrogens with zero attached hydrogens (tertiary/aromatic N) is 1. The van der Waals surface area contributed by atoms with Gasteiger partial charge in [-0.3, -0.25) is 5.43 Å². The highest BCUT2D eigenvalue weighted by Gasteiger charge is 2.06. The van der Waals surface area contributed by atoms with Gasteiger partial charge in [-0.1, -0.05) is 32.0 Å². The topological polar surface area (TPSA) is 54.9 Å². The van der Waals surface area contributed by atoms with Gasteiger partial charge in [0, 0.05) is 5.69 Å². The van der Waals surface area contributed by atoms with E-state index in [1.54, 1.807) is 13.3 Å². The van der Waals surface area contributed by atoms with Crippen molar-refractivity contribution in [2.24, 2.45) is 11.0 Å². The first-order valence-corrected chi connectivity index (χ1v) is 8.45. The van der Waals surface area contributed by atoms with Crippen LogP contribution in [0, 0.1) is 5.92 Å². The minimum absolute atomic E-state index is 0.423. The van der Waals surface area contributed by atoms with Crippen molar-refractivity contribution in [3.63, 3.8) is 0 Å². The summed E-state index contributed by atoms with van der Waals surface area (Å²) in [7, 11) is 1.62. The molecular formula is C19H23N3O2S. The van der Waals surface area contributed by atoms with E-state index in [-0.39, 0.29) is 0 Å². The molecule has 0 spiro atoms. The lowest BCUT2D eigenvalue weighted by molar-refractivity contribution is 0.257. The zero-order valence-electron chi connectivity index (χ0n) is 14.7. The van der Waals surface area contributed by atoms with E-state index in [9.17, 15) is 0 Å². The Balaban J connectivity index is 1.92. The zero-order valence-corrected chi connectivity index (χ0v) is 15.5. The van der Waals surface area contributed by atoms with Crippen LogP contribution in [0.3, 0.4) is 0 Å². The summed E-state index contributed by atoms with van der Waals surface area (Å²) in [5.41, 5.74) is 4.57. The lowest BCUT2D eigenvalue weighted by Gasteiger charge is -2.12. The standard InChI is InChI=1S/C19H23N3O2S/c1-14(2)13-24-17-10-9-15(11-18(17)23-3)12-20-22-19(25)21-16-7-5-4-6-8-16/h4-12,14H,13H2,1-3H3,(H2,21,22,25)/b20-12-. The molecule has 0 aliphatic rings. The molecule has 0 atom stereocenters. The lowest BCUT2D eigenvalue weighted by atomic mass is 10.2. The fourth-order valence-corrected chi connectivity index (χ4v) is 2.16. The number of rotatable bonds is 7. The minimum atomic E-state index is 0.423. The van der Waals surface area contributed by atoms with Crippen LogP contribution in [0.2, 0.25) is 0 Å². The first-order valence-electron chi connectivity index (χ1n) is 8.04. The molecule has 0 fully saturated rings. The Kier molecular flexibility index (Phi) is 7.22. The number of nitrogens with one attached hydrogen (secondary N) is 2. The normalized spacial score (nSPS) is 10.7. The van der Waals surface area contributed by atoms with Crippen molar-refractivity contribution < 1.29 is 9.47 Å². The molecule has 2 N–H and O–H groups in total. The molecule has 0 unspecified atom stereocenters. The SMILES string of the molecule is COc1cc(/C=N\NC(=S)Nc2ccccc2)ccc1OCC(C)C. The second-order valence-corrected chi connectivity index (χ2v) is 6.21. The van der Waals surface area contributed by atoms with Gasteiger partial charge in [-0.05, 0) is 54.0 Å². The molecule has 0 radical (unpaired) electrons. The molecule has 25 heavy (non-hydrogen) atoms. The summed E-state index contributed by atoms with van der Waals surface area (Å²) in [5.74, 6) is 1.85. The predicted molar refractivity (Wildman–Crippen MR) is 107 cm³/mol. The third-order valence-corrected chi connectivity index (χ3v) is 3.36. The van der Waals surface area contributed by atoms with E-state index in [0.29, 0.717) is 23.4 Å². The van der Waals surface area contributed by atoms with E-state index in [1.165, 1.54) is 0 Å². The number of hydrogen-bond donors (Lipinski definition) is 2. The average Bonchev–Trinajstić information content (AvgIpc) is 2.61. The molecule has 2 aromatic rings. The van der Waals surface area contributed by atoms with Gasteiger partial charge in [0.25, 0.3) is 0 Å². The molecule has 6 heteroatoms. The zero-order chi connectivity index (χ0) is 18.1. The van der Waals surface area contributed by atoms with Gasteiger partial charge in [0.05, 0.1) is 19.9 Å². The van der Waals surface area contributed by atoms with E-state index in [1.807, 2.05) is 48.5 Å². The molecule has 2 rings (SSSR count). The number of para-hydroxylation sites is 1. The van der Waals surface area contributed by atoms with Crippen LogP contribution in [-0.4, -0.2) is 25.0 Å². The van der Waals surface area contributed by atoms with Gasteiger partial charge in [0.15, 0.2) is 16.6 Å². The average molecular weight is 357 g/mol. The van der Waals surface area contributed by atoms with E-state index >= 15 is 0 Å². The number of methoxy groups -OCH3 is 1. The van der Waals surface area contributed by atoms with Crippen molar-refractivity contribution in [2.75, 3.05) is 19.0 Å². The van der Waals surface area contributed by atoms with Crippen molar-refractivity contribution in [1.82, 2.24) is 5.43 Å². The van der Waals surface area contributed by atoms with Gasteiger partial charge in [0.1, 0.15) is 0 Å². The summed E-state index contributed by atoms with van der Waals surface area (Å²) in [6, 6.07) is 15.3. The summed E-state index contributed by atoms with van der Waals surface area (Å²) in [4.78, 5) is 0. The molecule has 132 valence electrons. The van der Waals surface area contributed by atoms with E-state index in [2.05, 4.69) is 29.7 Å². The highest BCUT2D eigenvalue weighted by atomic mass is 32.1. The molecule has 0 aliphatic heterocycles. The third kappa shape index (κ3) is 6.43. The van der Waals surface area contributed by atoms with Crippen LogP contribution >= 0.6 is 12.2 Å². The van der Waals surface area contributed by atoms with Gasteiger partial charge in [-0.25, -0.2) is 0 Å². The summed E-state index contributed by atoms with van der Waals surface area (Å²) in [6.07, 6.45) is 1.67. The molecule has 0 bridgehead atoms. The molecular weight excluding hydrogens is 334 g/mol. The molecule has 0 aromatic heterocycles. The monoisotopic (exact) mass is 357 g/mol. The highest BCUT2D eigenvalue weighted by molar-refractivity contribution is 7.80. The summed E-state index contributed by atoms with van der Waals surface area (Å²) >= 11 is 5.20. The Morgan fingerprint density at radius 3 is 2.60 bits per heavy atom. The number of thiocarbonyl (C=S) groups is 1. The van der Waals surface area contributed by atoms with E-state index in [0.717, 1.165) is 17.0 Å². The van der Waals surface area contributed by atoms with Gasteiger partial charge in [0.2, 0.25) is 0 Å².